The molecule has 0 spiro atoms. The van der Waals surface area contributed by atoms with Gasteiger partial charge in [0.25, 0.3) is 0 Å². The number of hydrogen-bond acceptors (Lipinski definition) is 3. The maximum absolute atomic E-state index is 14.8. The quantitative estimate of drug-likeness (QED) is 0.260. The normalized spacial score (nSPS) is 22.1. The van der Waals surface area contributed by atoms with Gasteiger partial charge >= 0.3 is 0 Å². The maximum atomic E-state index is 14.8. The Morgan fingerprint density at radius 2 is 1.49 bits per heavy atom. The van der Waals surface area contributed by atoms with Crippen molar-refractivity contribution >= 4 is 0 Å². The van der Waals surface area contributed by atoms with Gasteiger partial charge in [0.05, 0.1) is 19.3 Å². The van der Waals surface area contributed by atoms with Crippen molar-refractivity contribution in [2.75, 3.05) is 13.2 Å². The maximum Gasteiger partial charge on any atom is 0.167 e. The van der Waals surface area contributed by atoms with Gasteiger partial charge in [0.15, 0.2) is 23.3 Å². The first-order valence-corrected chi connectivity index (χ1v) is 12.4. The highest BCUT2D eigenvalue weighted by Gasteiger charge is 2.31. The zero-order chi connectivity index (χ0) is 26.3. The molecule has 1 saturated carbocycles. The third-order valence-corrected chi connectivity index (χ3v) is 7.39. The van der Waals surface area contributed by atoms with Crippen LogP contribution in [0.5, 0.6) is 5.75 Å². The highest BCUT2D eigenvalue weighted by atomic mass is 19.2. The fourth-order valence-electron chi connectivity index (χ4n) is 5.12. The van der Waals surface area contributed by atoms with Gasteiger partial charge in [-0.1, -0.05) is 24.3 Å². The Morgan fingerprint density at radius 1 is 0.838 bits per heavy atom. The molecule has 196 valence electrons. The van der Waals surface area contributed by atoms with Gasteiger partial charge in [0, 0.05) is 28.3 Å². The lowest BCUT2D eigenvalue weighted by Gasteiger charge is -2.29. The molecular formula is C29H27F5O3. The monoisotopic (exact) mass is 518 g/mol. The zero-order valence-electron chi connectivity index (χ0n) is 20.2. The average Bonchev–Trinajstić information content (AvgIpc) is 3.72. The van der Waals surface area contributed by atoms with Crippen LogP contribution in [0.3, 0.4) is 0 Å². The van der Waals surface area contributed by atoms with Gasteiger partial charge in [-0.05, 0) is 62.1 Å². The van der Waals surface area contributed by atoms with Crippen molar-refractivity contribution in [3.63, 3.8) is 0 Å². The molecule has 2 fully saturated rings. The Balaban J connectivity index is 1.19. The third kappa shape index (κ3) is 5.22. The van der Waals surface area contributed by atoms with Crippen LogP contribution in [0.1, 0.15) is 67.4 Å². The summed E-state index contributed by atoms with van der Waals surface area (Å²) in [7, 11) is 0. The molecule has 1 saturated heterocycles. The second-order valence-electron chi connectivity index (χ2n) is 9.87. The van der Waals surface area contributed by atoms with E-state index in [9.17, 15) is 27.1 Å². The molecule has 0 aromatic heterocycles. The summed E-state index contributed by atoms with van der Waals surface area (Å²) in [5.41, 5.74) is 0.151. The van der Waals surface area contributed by atoms with Crippen LogP contribution in [0.15, 0.2) is 42.5 Å². The van der Waals surface area contributed by atoms with Crippen LogP contribution in [-0.4, -0.2) is 18.3 Å². The van der Waals surface area contributed by atoms with E-state index in [1.165, 1.54) is 37.3 Å². The second kappa shape index (κ2) is 10.4. The van der Waals surface area contributed by atoms with Crippen LogP contribution >= 0.6 is 0 Å². The van der Waals surface area contributed by atoms with E-state index in [1.807, 2.05) is 0 Å². The SMILES string of the molecule is CC(O)c1ccc(C2CCC(COc3ccc(-c4ccc(C5CO5)c(F)c4F)c(F)c3)CC2)c(F)c1F. The predicted octanol–water partition coefficient (Wildman–Crippen LogP) is 7.53. The molecule has 0 bridgehead atoms. The van der Waals surface area contributed by atoms with Crippen LogP contribution in [0.2, 0.25) is 0 Å². The molecule has 1 N–H and O–H groups in total. The first-order chi connectivity index (χ1) is 17.7. The van der Waals surface area contributed by atoms with Crippen molar-refractivity contribution in [2.24, 2.45) is 5.92 Å². The molecule has 3 nitrogen and oxygen atoms in total. The molecule has 3 aromatic rings. The second-order valence-corrected chi connectivity index (χ2v) is 9.87. The van der Waals surface area contributed by atoms with E-state index in [4.69, 9.17) is 9.47 Å². The summed E-state index contributed by atoms with van der Waals surface area (Å²) in [6, 6.07) is 9.77. The van der Waals surface area contributed by atoms with Crippen LogP contribution in [0, 0.1) is 35.0 Å². The first kappa shape index (κ1) is 25.7. The van der Waals surface area contributed by atoms with Crippen molar-refractivity contribution in [2.45, 2.75) is 50.7 Å². The molecule has 37 heavy (non-hydrogen) atoms. The van der Waals surface area contributed by atoms with Gasteiger partial charge in [-0.25, -0.2) is 22.0 Å². The van der Waals surface area contributed by atoms with E-state index in [-0.39, 0.29) is 39.8 Å². The summed E-state index contributed by atoms with van der Waals surface area (Å²) in [5, 5.41) is 9.58. The number of benzene rings is 3. The van der Waals surface area contributed by atoms with Crippen molar-refractivity contribution in [3.8, 4) is 16.9 Å². The van der Waals surface area contributed by atoms with E-state index in [0.717, 1.165) is 18.9 Å². The molecule has 2 atom stereocenters. The molecule has 2 aliphatic rings. The average molecular weight is 519 g/mol. The molecule has 0 amide bonds. The Morgan fingerprint density at radius 3 is 2.14 bits per heavy atom. The standard InChI is InChI=1S/C29H27F5O3/c1-15(35)19-8-9-20(27(32)26(19)31)17-4-2-16(3-5-17)13-36-18-6-7-21(24(30)12-18)22-10-11-23(25-14-37-25)29(34)28(22)33/h6-12,15-17,25,35H,2-5,13-14H2,1H3. The largest absolute Gasteiger partial charge is 0.493 e. The summed E-state index contributed by atoms with van der Waals surface area (Å²) in [6.07, 6.45) is 1.23. The van der Waals surface area contributed by atoms with Crippen LogP contribution < -0.4 is 4.74 Å². The Labute approximate surface area is 211 Å². The topological polar surface area (TPSA) is 42.0 Å². The van der Waals surface area contributed by atoms with Gasteiger partial charge in [-0.3, -0.25) is 0 Å². The zero-order valence-corrected chi connectivity index (χ0v) is 20.2. The number of rotatable bonds is 7. The van der Waals surface area contributed by atoms with Gasteiger partial charge in [0.2, 0.25) is 0 Å². The molecule has 8 heteroatoms. The van der Waals surface area contributed by atoms with Crippen molar-refractivity contribution in [1.82, 2.24) is 0 Å². The van der Waals surface area contributed by atoms with Gasteiger partial charge in [-0.2, -0.15) is 0 Å². The number of ether oxygens (including phenoxy) is 2. The highest BCUT2D eigenvalue weighted by Crippen LogP contribution is 2.39. The molecule has 1 heterocycles. The summed E-state index contributed by atoms with van der Waals surface area (Å²) in [4.78, 5) is 0. The Bertz CT molecular complexity index is 1300. The van der Waals surface area contributed by atoms with Gasteiger partial charge < -0.3 is 14.6 Å². The Kier molecular flexibility index (Phi) is 7.23. The summed E-state index contributed by atoms with van der Waals surface area (Å²) >= 11 is 0. The fourth-order valence-corrected chi connectivity index (χ4v) is 5.12. The Hall–Kier alpha value is -2.97. The van der Waals surface area contributed by atoms with Crippen molar-refractivity contribution in [1.29, 1.82) is 0 Å². The highest BCUT2D eigenvalue weighted by molar-refractivity contribution is 5.66. The smallest absolute Gasteiger partial charge is 0.167 e. The summed E-state index contributed by atoms with van der Waals surface area (Å²) < 4.78 is 83.4. The summed E-state index contributed by atoms with van der Waals surface area (Å²) in [5.74, 6) is -4.47. The van der Waals surface area contributed by atoms with E-state index >= 15 is 0 Å². The number of epoxide rings is 1. The van der Waals surface area contributed by atoms with E-state index < -0.39 is 41.3 Å². The predicted molar refractivity (Wildman–Crippen MR) is 128 cm³/mol. The fraction of sp³-hybridized carbons (Fsp3) is 0.379. The molecular weight excluding hydrogens is 491 g/mol. The number of aliphatic hydroxyl groups is 1. The third-order valence-electron chi connectivity index (χ3n) is 7.39. The van der Waals surface area contributed by atoms with Gasteiger partial charge in [0.1, 0.15) is 17.7 Å². The molecule has 1 aliphatic heterocycles. The minimum Gasteiger partial charge on any atom is -0.493 e. The molecule has 0 radical (unpaired) electrons. The molecule has 3 aromatic carbocycles. The molecule has 1 aliphatic carbocycles. The van der Waals surface area contributed by atoms with E-state index in [1.54, 1.807) is 6.07 Å². The lowest BCUT2D eigenvalue weighted by molar-refractivity contribution is 0.191. The lowest BCUT2D eigenvalue weighted by atomic mass is 9.78. The van der Waals surface area contributed by atoms with E-state index in [0.29, 0.717) is 31.6 Å². The minimum absolute atomic E-state index is 0.0562. The van der Waals surface area contributed by atoms with Gasteiger partial charge in [-0.15, -0.1) is 0 Å². The summed E-state index contributed by atoms with van der Waals surface area (Å²) in [6.45, 7) is 2.05. The molecule has 2 unspecified atom stereocenters. The van der Waals surface area contributed by atoms with Crippen molar-refractivity contribution < 1.29 is 36.5 Å². The van der Waals surface area contributed by atoms with Crippen molar-refractivity contribution in [3.05, 3.63) is 88.2 Å². The first-order valence-electron chi connectivity index (χ1n) is 12.4. The van der Waals surface area contributed by atoms with Crippen LogP contribution in [0.4, 0.5) is 22.0 Å². The number of hydrogen-bond donors (Lipinski definition) is 1. The lowest BCUT2D eigenvalue weighted by Crippen LogP contribution is -2.20. The minimum atomic E-state index is -1.12. The number of halogens is 5. The van der Waals surface area contributed by atoms with E-state index in [2.05, 4.69) is 0 Å². The van der Waals surface area contributed by atoms with Crippen LogP contribution in [0.25, 0.3) is 11.1 Å². The number of aliphatic hydroxyl groups excluding tert-OH is 1. The van der Waals surface area contributed by atoms with Crippen LogP contribution in [-0.2, 0) is 4.74 Å². The molecule has 5 rings (SSSR count).